The van der Waals surface area contributed by atoms with Crippen LogP contribution in [-0.4, -0.2) is 7.05 Å². The molecule has 0 bridgehead atoms. The summed E-state index contributed by atoms with van der Waals surface area (Å²) in [7, 11) is 1.93. The number of benzene rings is 1. The quantitative estimate of drug-likeness (QED) is 0.537. The van der Waals surface area contributed by atoms with E-state index in [1.54, 1.807) is 6.07 Å². The van der Waals surface area contributed by atoms with E-state index in [4.69, 9.17) is 0 Å². The Labute approximate surface area is 92.6 Å². The van der Waals surface area contributed by atoms with Crippen molar-refractivity contribution in [3.05, 3.63) is 27.6 Å². The van der Waals surface area contributed by atoms with E-state index in [1.165, 1.54) is 12.1 Å². The molecule has 0 amide bonds. The van der Waals surface area contributed by atoms with Crippen LogP contribution < -0.4 is 3.11 Å². The van der Waals surface area contributed by atoms with E-state index in [-0.39, 0.29) is 5.82 Å². The number of hydrogen-bond donors (Lipinski definition) is 0. The maximum Gasteiger partial charge on any atom is 0.124 e. The van der Waals surface area contributed by atoms with Crippen LogP contribution in [0.2, 0.25) is 0 Å². The average Bonchev–Trinajstić information content (AvgIpc) is 1.85. The Balaban J connectivity index is 3.09. The van der Waals surface area contributed by atoms with Gasteiger partial charge in [0.2, 0.25) is 0 Å². The molecule has 1 aromatic rings. The first-order valence-corrected chi connectivity index (χ1v) is 5.00. The number of nitrogens with zero attached hydrogens (tertiary/aromatic N) is 1. The van der Waals surface area contributed by atoms with Crippen LogP contribution in [0.5, 0.6) is 0 Å². The van der Waals surface area contributed by atoms with E-state index in [1.807, 2.05) is 10.2 Å². The Morgan fingerprint density at radius 2 is 2.09 bits per heavy atom. The minimum atomic E-state index is -0.184. The summed E-state index contributed by atoms with van der Waals surface area (Å²) in [6.45, 7) is 0. The number of hydrogen-bond acceptors (Lipinski definition) is 1. The number of halogens is 3. The molecule has 0 fully saturated rings. The lowest BCUT2D eigenvalue weighted by molar-refractivity contribution is 0.627. The molecule has 0 aliphatic rings. The second-order valence-corrected chi connectivity index (χ2v) is 4.68. The Kier molecular flexibility index (Phi) is 3.35. The predicted molar refractivity (Wildman–Crippen MR) is 61.5 cm³/mol. The highest BCUT2D eigenvalue weighted by molar-refractivity contribution is 14.1. The Morgan fingerprint density at radius 3 is 2.55 bits per heavy atom. The van der Waals surface area contributed by atoms with Crippen LogP contribution in [0.4, 0.5) is 10.1 Å². The highest BCUT2D eigenvalue weighted by atomic mass is 127. The van der Waals surface area contributed by atoms with Gasteiger partial charge in [-0.25, -0.2) is 4.39 Å². The summed E-state index contributed by atoms with van der Waals surface area (Å²) in [6.07, 6.45) is 0. The van der Waals surface area contributed by atoms with Crippen molar-refractivity contribution in [2.24, 2.45) is 0 Å². The van der Waals surface area contributed by atoms with Crippen molar-refractivity contribution in [2.75, 3.05) is 10.2 Å². The van der Waals surface area contributed by atoms with E-state index < -0.39 is 0 Å². The second-order valence-electron chi connectivity index (χ2n) is 2.07. The lowest BCUT2D eigenvalue weighted by Crippen LogP contribution is -2.01. The second kappa shape index (κ2) is 3.88. The fraction of sp³-hybridized carbons (Fsp3) is 0.143. The standard InChI is InChI=1S/C7H6FI2N/c1-11(10)7-3-2-5(8)4-6(7)9/h2-4H,1H3. The van der Waals surface area contributed by atoms with Gasteiger partial charge in [-0.15, -0.1) is 0 Å². The first kappa shape index (κ1) is 9.50. The van der Waals surface area contributed by atoms with Gasteiger partial charge in [-0.05, 0) is 40.8 Å². The van der Waals surface area contributed by atoms with Crippen LogP contribution in [0.15, 0.2) is 18.2 Å². The van der Waals surface area contributed by atoms with E-state index in [9.17, 15) is 4.39 Å². The minimum Gasteiger partial charge on any atom is -0.317 e. The molecule has 0 atom stereocenters. The smallest absolute Gasteiger partial charge is 0.124 e. The molecule has 0 aromatic heterocycles. The van der Waals surface area contributed by atoms with Gasteiger partial charge in [0.25, 0.3) is 0 Å². The molecule has 0 radical (unpaired) electrons. The van der Waals surface area contributed by atoms with Crippen molar-refractivity contribution < 1.29 is 4.39 Å². The van der Waals surface area contributed by atoms with Gasteiger partial charge < -0.3 is 3.11 Å². The fourth-order valence-electron chi connectivity index (χ4n) is 0.731. The molecular weight excluding hydrogens is 371 g/mol. The molecule has 1 rings (SSSR count). The predicted octanol–water partition coefficient (Wildman–Crippen LogP) is 3.22. The molecule has 0 spiro atoms. The summed E-state index contributed by atoms with van der Waals surface area (Å²) in [5.74, 6) is -0.184. The first-order valence-electron chi connectivity index (χ1n) is 2.96. The van der Waals surface area contributed by atoms with Crippen LogP contribution in [-0.2, 0) is 0 Å². The summed E-state index contributed by atoms with van der Waals surface area (Å²) in [5, 5.41) is 0. The van der Waals surface area contributed by atoms with Crippen LogP contribution in [0, 0.1) is 9.39 Å². The molecule has 4 heteroatoms. The van der Waals surface area contributed by atoms with Gasteiger partial charge in [0.1, 0.15) is 5.82 Å². The maximum atomic E-state index is 12.6. The summed E-state index contributed by atoms with van der Waals surface area (Å²) in [6, 6.07) is 4.75. The number of anilines is 1. The van der Waals surface area contributed by atoms with Crippen molar-refractivity contribution in [1.82, 2.24) is 0 Å². The van der Waals surface area contributed by atoms with Crippen molar-refractivity contribution >= 4 is 51.1 Å². The molecule has 0 N–H and O–H groups in total. The summed E-state index contributed by atoms with van der Waals surface area (Å²) < 4.78 is 15.4. The van der Waals surface area contributed by atoms with Crippen LogP contribution in [0.25, 0.3) is 0 Å². The monoisotopic (exact) mass is 377 g/mol. The zero-order valence-corrected chi connectivity index (χ0v) is 10.1. The maximum absolute atomic E-state index is 12.6. The highest BCUT2D eigenvalue weighted by Gasteiger charge is 2.02. The van der Waals surface area contributed by atoms with Gasteiger partial charge in [0.15, 0.2) is 0 Å². The molecule has 0 heterocycles. The van der Waals surface area contributed by atoms with Crippen molar-refractivity contribution in [1.29, 1.82) is 0 Å². The van der Waals surface area contributed by atoms with E-state index >= 15 is 0 Å². The van der Waals surface area contributed by atoms with E-state index in [2.05, 4.69) is 45.5 Å². The zero-order valence-electron chi connectivity index (χ0n) is 5.81. The summed E-state index contributed by atoms with van der Waals surface area (Å²) in [5.41, 5.74) is 1.03. The molecule has 1 nitrogen and oxygen atoms in total. The molecule has 11 heavy (non-hydrogen) atoms. The molecule has 0 aliphatic heterocycles. The van der Waals surface area contributed by atoms with E-state index in [0.717, 1.165) is 9.26 Å². The third-order valence-corrected chi connectivity index (χ3v) is 2.63. The van der Waals surface area contributed by atoms with Gasteiger partial charge >= 0.3 is 0 Å². The van der Waals surface area contributed by atoms with Crippen molar-refractivity contribution in [3.8, 4) is 0 Å². The largest absolute Gasteiger partial charge is 0.317 e. The normalized spacial score (nSPS) is 9.82. The zero-order chi connectivity index (χ0) is 8.43. The molecule has 0 unspecified atom stereocenters. The third-order valence-electron chi connectivity index (χ3n) is 1.24. The van der Waals surface area contributed by atoms with E-state index in [0.29, 0.717) is 0 Å². The van der Waals surface area contributed by atoms with Gasteiger partial charge in [0, 0.05) is 10.6 Å². The van der Waals surface area contributed by atoms with Crippen LogP contribution >= 0.6 is 45.5 Å². The Hall–Kier alpha value is 0.410. The van der Waals surface area contributed by atoms with Crippen LogP contribution in [0.3, 0.4) is 0 Å². The molecule has 60 valence electrons. The topological polar surface area (TPSA) is 3.24 Å². The SMILES string of the molecule is CN(I)c1ccc(F)cc1I. The van der Waals surface area contributed by atoms with Gasteiger partial charge in [0.05, 0.1) is 28.6 Å². The molecule has 1 aromatic carbocycles. The van der Waals surface area contributed by atoms with Gasteiger partial charge in [-0.2, -0.15) is 0 Å². The van der Waals surface area contributed by atoms with Crippen molar-refractivity contribution in [3.63, 3.8) is 0 Å². The average molecular weight is 377 g/mol. The fourth-order valence-corrected chi connectivity index (χ4v) is 2.45. The van der Waals surface area contributed by atoms with Crippen LogP contribution in [0.1, 0.15) is 0 Å². The Morgan fingerprint density at radius 1 is 1.45 bits per heavy atom. The van der Waals surface area contributed by atoms with Gasteiger partial charge in [-0.1, -0.05) is 0 Å². The summed E-state index contributed by atoms with van der Waals surface area (Å²) in [4.78, 5) is 0. The molecule has 0 aliphatic carbocycles. The molecular formula is C7H6FI2N. The highest BCUT2D eigenvalue weighted by Crippen LogP contribution is 2.24. The Bertz CT molecular complexity index is 263. The molecule has 0 saturated heterocycles. The lowest BCUT2D eigenvalue weighted by Gasteiger charge is -2.11. The third kappa shape index (κ3) is 2.43. The van der Waals surface area contributed by atoms with Gasteiger partial charge in [-0.3, -0.25) is 0 Å². The molecule has 0 saturated carbocycles. The van der Waals surface area contributed by atoms with Crippen molar-refractivity contribution in [2.45, 2.75) is 0 Å². The lowest BCUT2D eigenvalue weighted by atomic mass is 10.3. The first-order chi connectivity index (χ1) is 5.11. The minimum absolute atomic E-state index is 0.184. The number of rotatable bonds is 1. The summed E-state index contributed by atoms with van der Waals surface area (Å²) >= 11 is 4.27.